The molecule has 0 atom stereocenters. The van der Waals surface area contributed by atoms with Gasteiger partial charge in [-0.3, -0.25) is 20.3 Å². The Morgan fingerprint density at radius 3 is 2.32 bits per heavy atom. The Morgan fingerprint density at radius 1 is 1.06 bits per heavy atom. The second kappa shape index (κ2) is 9.02. The lowest BCUT2D eigenvalue weighted by Crippen LogP contribution is -2.13. The lowest BCUT2D eigenvalue weighted by molar-refractivity contribution is -0.384. The van der Waals surface area contributed by atoms with Gasteiger partial charge in [0, 0.05) is 16.8 Å². The van der Waals surface area contributed by atoms with Crippen LogP contribution in [0.1, 0.15) is 12.5 Å². The number of nitrogens with one attached hydrogen (secondary N) is 2. The second-order valence-corrected chi connectivity index (χ2v) is 8.52. The third kappa shape index (κ3) is 5.50. The first-order valence-electron chi connectivity index (χ1n) is 8.82. The van der Waals surface area contributed by atoms with E-state index in [1.165, 1.54) is 48.5 Å². The Hall–Kier alpha value is -3.63. The van der Waals surface area contributed by atoms with Crippen LogP contribution in [0.5, 0.6) is 5.75 Å². The number of benzene rings is 3. The summed E-state index contributed by atoms with van der Waals surface area (Å²) in [6.07, 6.45) is 0. The molecular formula is C20H17ClN4O5S. The molecule has 0 radical (unpaired) electrons. The average molecular weight is 461 g/mol. The minimum atomic E-state index is -4.06. The van der Waals surface area contributed by atoms with E-state index in [0.717, 1.165) is 6.07 Å². The lowest BCUT2D eigenvalue weighted by atomic mass is 10.1. The van der Waals surface area contributed by atoms with E-state index >= 15 is 0 Å². The van der Waals surface area contributed by atoms with Crippen LogP contribution in [0.2, 0.25) is 5.02 Å². The van der Waals surface area contributed by atoms with E-state index in [1.807, 2.05) is 0 Å². The van der Waals surface area contributed by atoms with Crippen molar-refractivity contribution in [1.82, 2.24) is 0 Å². The highest BCUT2D eigenvalue weighted by Gasteiger charge is 2.21. The summed E-state index contributed by atoms with van der Waals surface area (Å²) in [6.45, 7) is 1.68. The molecule has 0 unspecified atom stereocenters. The van der Waals surface area contributed by atoms with Crippen LogP contribution in [0, 0.1) is 10.1 Å². The van der Waals surface area contributed by atoms with Crippen molar-refractivity contribution in [3.05, 3.63) is 87.4 Å². The van der Waals surface area contributed by atoms with Gasteiger partial charge >= 0.3 is 0 Å². The maximum atomic E-state index is 12.6. The number of hydrogen-bond donors (Lipinski definition) is 3. The number of aromatic hydroxyl groups is 1. The van der Waals surface area contributed by atoms with Gasteiger partial charge in [0.2, 0.25) is 0 Å². The van der Waals surface area contributed by atoms with E-state index in [4.69, 9.17) is 11.6 Å². The third-order valence-electron chi connectivity index (χ3n) is 4.20. The van der Waals surface area contributed by atoms with Crippen molar-refractivity contribution < 1.29 is 18.4 Å². The SMILES string of the molecule is C/C(=N\Nc1ccc(S(=O)(=O)Nc2ccc(Cl)cc2)cc1[N+](=O)[O-])c1ccc(O)cc1. The molecule has 3 rings (SSSR count). The van der Waals surface area contributed by atoms with E-state index in [1.54, 1.807) is 19.1 Å². The van der Waals surface area contributed by atoms with Crippen LogP contribution >= 0.6 is 11.6 Å². The summed E-state index contributed by atoms with van der Waals surface area (Å²) >= 11 is 5.79. The van der Waals surface area contributed by atoms with Gasteiger partial charge in [0.15, 0.2) is 0 Å². The Bertz CT molecular complexity index is 1240. The number of rotatable bonds is 7. The molecule has 0 spiro atoms. The molecule has 0 amide bonds. The Morgan fingerprint density at radius 2 is 1.71 bits per heavy atom. The summed E-state index contributed by atoms with van der Waals surface area (Å²) in [5, 5.41) is 25.4. The molecule has 9 nitrogen and oxygen atoms in total. The first-order chi connectivity index (χ1) is 14.7. The topological polar surface area (TPSA) is 134 Å². The van der Waals surface area contributed by atoms with E-state index in [9.17, 15) is 23.6 Å². The highest BCUT2D eigenvalue weighted by molar-refractivity contribution is 7.92. The molecule has 160 valence electrons. The summed E-state index contributed by atoms with van der Waals surface area (Å²) in [5.74, 6) is 0.101. The fraction of sp³-hybridized carbons (Fsp3) is 0.0500. The number of phenols is 1. The van der Waals surface area contributed by atoms with Crippen LogP contribution in [-0.2, 0) is 10.0 Å². The van der Waals surface area contributed by atoms with Crippen molar-refractivity contribution in [2.45, 2.75) is 11.8 Å². The van der Waals surface area contributed by atoms with Crippen LogP contribution in [0.25, 0.3) is 0 Å². The molecule has 0 aliphatic heterocycles. The number of halogens is 1. The summed E-state index contributed by atoms with van der Waals surface area (Å²) in [6, 6.07) is 15.7. The van der Waals surface area contributed by atoms with Crippen molar-refractivity contribution >= 4 is 44.4 Å². The Kier molecular flexibility index (Phi) is 6.42. The molecule has 0 fully saturated rings. The molecule has 0 saturated carbocycles. The van der Waals surface area contributed by atoms with Crippen LogP contribution in [-0.4, -0.2) is 24.2 Å². The highest BCUT2D eigenvalue weighted by atomic mass is 35.5. The predicted molar refractivity (Wildman–Crippen MR) is 119 cm³/mol. The third-order valence-corrected chi connectivity index (χ3v) is 5.83. The first-order valence-corrected chi connectivity index (χ1v) is 10.7. The van der Waals surface area contributed by atoms with E-state index in [-0.39, 0.29) is 22.0 Å². The normalized spacial score (nSPS) is 11.7. The van der Waals surface area contributed by atoms with Crippen molar-refractivity contribution in [3.63, 3.8) is 0 Å². The van der Waals surface area contributed by atoms with E-state index in [0.29, 0.717) is 16.3 Å². The molecule has 11 heteroatoms. The van der Waals surface area contributed by atoms with Crippen molar-refractivity contribution in [1.29, 1.82) is 0 Å². The number of phenolic OH excluding ortho intramolecular Hbond substituents is 1. The maximum absolute atomic E-state index is 12.6. The van der Waals surface area contributed by atoms with Crippen molar-refractivity contribution in [3.8, 4) is 5.75 Å². The summed E-state index contributed by atoms with van der Waals surface area (Å²) in [4.78, 5) is 10.5. The lowest BCUT2D eigenvalue weighted by Gasteiger charge is -2.10. The van der Waals surface area contributed by atoms with Gasteiger partial charge in [-0.15, -0.1) is 0 Å². The van der Waals surface area contributed by atoms with Crippen LogP contribution in [0.15, 0.2) is 76.7 Å². The quantitative estimate of drug-likeness (QED) is 0.268. The molecular weight excluding hydrogens is 444 g/mol. The van der Waals surface area contributed by atoms with Gasteiger partial charge in [-0.2, -0.15) is 5.10 Å². The standard InChI is InChI=1S/C20H17ClN4O5S/c1-13(14-2-8-17(26)9-3-14)22-23-19-11-10-18(12-20(19)25(27)28)31(29,30)24-16-6-4-15(21)5-7-16/h2-12,23-24,26H,1H3/b22-13+. The van der Waals surface area contributed by atoms with Crippen LogP contribution in [0.3, 0.4) is 0 Å². The van der Waals surface area contributed by atoms with E-state index in [2.05, 4.69) is 15.2 Å². The molecule has 0 aromatic heterocycles. The molecule has 0 bridgehead atoms. The number of sulfonamides is 1. The smallest absolute Gasteiger partial charge is 0.295 e. The number of hydrogen-bond acceptors (Lipinski definition) is 7. The molecule has 0 aliphatic carbocycles. The zero-order valence-corrected chi connectivity index (χ0v) is 17.7. The highest BCUT2D eigenvalue weighted by Crippen LogP contribution is 2.29. The average Bonchev–Trinajstić information content (AvgIpc) is 2.73. The summed E-state index contributed by atoms with van der Waals surface area (Å²) < 4.78 is 27.6. The largest absolute Gasteiger partial charge is 0.508 e. The molecule has 0 saturated heterocycles. The monoisotopic (exact) mass is 460 g/mol. The van der Waals surface area contributed by atoms with Gasteiger partial charge in [-0.05, 0) is 73.2 Å². The van der Waals surface area contributed by atoms with E-state index < -0.39 is 20.6 Å². The van der Waals surface area contributed by atoms with Crippen molar-refractivity contribution in [2.75, 3.05) is 10.1 Å². The zero-order chi connectivity index (χ0) is 22.6. The number of anilines is 2. The van der Waals surface area contributed by atoms with Gasteiger partial charge in [-0.25, -0.2) is 8.42 Å². The van der Waals surface area contributed by atoms with Gasteiger partial charge in [0.25, 0.3) is 15.7 Å². The fourth-order valence-corrected chi connectivity index (χ4v) is 3.77. The predicted octanol–water partition coefficient (Wildman–Crippen LogP) is 4.59. The van der Waals surface area contributed by atoms with Crippen LogP contribution < -0.4 is 10.1 Å². The van der Waals surface area contributed by atoms with Gasteiger partial charge in [0.1, 0.15) is 11.4 Å². The molecule has 3 aromatic rings. The molecule has 0 aliphatic rings. The van der Waals surface area contributed by atoms with Crippen molar-refractivity contribution in [2.24, 2.45) is 5.10 Å². The first kappa shape index (κ1) is 22.1. The Labute approximate surface area is 183 Å². The summed E-state index contributed by atoms with van der Waals surface area (Å²) in [5.41, 5.74) is 3.63. The minimum Gasteiger partial charge on any atom is -0.508 e. The molecule has 3 N–H and O–H groups in total. The van der Waals surface area contributed by atoms with Crippen LogP contribution in [0.4, 0.5) is 17.1 Å². The fourth-order valence-electron chi connectivity index (χ4n) is 2.57. The molecule has 31 heavy (non-hydrogen) atoms. The van der Waals surface area contributed by atoms with Gasteiger partial charge in [-0.1, -0.05) is 11.6 Å². The number of nitro benzene ring substituents is 1. The molecule has 3 aromatic carbocycles. The maximum Gasteiger partial charge on any atom is 0.295 e. The summed E-state index contributed by atoms with van der Waals surface area (Å²) in [7, 11) is -4.06. The Balaban J connectivity index is 1.87. The number of hydrazone groups is 1. The van der Waals surface area contributed by atoms with Gasteiger partial charge < -0.3 is 5.11 Å². The number of nitrogens with zero attached hydrogens (tertiary/aromatic N) is 2. The zero-order valence-electron chi connectivity index (χ0n) is 16.1. The number of nitro groups is 1. The molecule has 0 heterocycles. The minimum absolute atomic E-state index is 0.0218. The second-order valence-electron chi connectivity index (χ2n) is 6.40. The van der Waals surface area contributed by atoms with Gasteiger partial charge in [0.05, 0.1) is 15.5 Å².